The molecule has 0 unspecified atom stereocenters. The third-order valence-electron chi connectivity index (χ3n) is 8.78. The Morgan fingerprint density at radius 2 is 1.61 bits per heavy atom. The number of hydrogen-bond donors (Lipinski definition) is 1. The number of hydrogen-bond acceptors (Lipinski definition) is 5. The quantitative estimate of drug-likeness (QED) is 0.243. The van der Waals surface area contributed by atoms with E-state index in [2.05, 4.69) is 12.2 Å². The van der Waals surface area contributed by atoms with E-state index in [4.69, 9.17) is 4.74 Å². The van der Waals surface area contributed by atoms with Gasteiger partial charge in [-0.15, -0.1) is 0 Å². The van der Waals surface area contributed by atoms with Crippen molar-refractivity contribution >= 4 is 35.0 Å². The first kappa shape index (κ1) is 26.4. The summed E-state index contributed by atoms with van der Waals surface area (Å²) in [5, 5.41) is 3.87. The second-order valence-electron chi connectivity index (χ2n) is 11.2. The van der Waals surface area contributed by atoms with E-state index < -0.39 is 0 Å². The van der Waals surface area contributed by atoms with E-state index in [1.54, 1.807) is 24.3 Å². The highest BCUT2D eigenvalue weighted by molar-refractivity contribution is 6.28. The molecule has 3 aliphatic rings. The summed E-state index contributed by atoms with van der Waals surface area (Å²) in [5.41, 5.74) is 1.07. The molecule has 0 radical (unpaired) electrons. The van der Waals surface area contributed by atoms with Crippen LogP contribution in [0.5, 0.6) is 5.75 Å². The van der Waals surface area contributed by atoms with Crippen molar-refractivity contribution in [3.63, 3.8) is 0 Å². The average Bonchev–Trinajstić information content (AvgIpc) is 2.93. The Kier molecular flexibility index (Phi) is 8.10. The highest BCUT2D eigenvalue weighted by atomic mass is 16.5. The third kappa shape index (κ3) is 5.07. The zero-order chi connectivity index (χ0) is 26.6. The van der Waals surface area contributed by atoms with Gasteiger partial charge in [0.25, 0.3) is 24.2 Å². The van der Waals surface area contributed by atoms with Crippen molar-refractivity contribution in [2.45, 2.75) is 102 Å². The molecule has 1 aliphatic heterocycles. The fraction of sp³-hybridized carbons (Fsp3) is 0.548. The molecule has 38 heavy (non-hydrogen) atoms. The van der Waals surface area contributed by atoms with Gasteiger partial charge in [-0.25, -0.2) is 0 Å². The van der Waals surface area contributed by atoms with Gasteiger partial charge in [0, 0.05) is 34.0 Å². The van der Waals surface area contributed by atoms with E-state index >= 15 is 0 Å². The minimum absolute atomic E-state index is 0.0911. The Morgan fingerprint density at radius 1 is 0.921 bits per heavy atom. The zero-order valence-corrected chi connectivity index (χ0v) is 22.3. The Hall–Kier alpha value is -3.22. The molecule has 1 heterocycles. The molecule has 202 valence electrons. The van der Waals surface area contributed by atoms with E-state index in [-0.39, 0.29) is 35.6 Å². The molecule has 2 aliphatic carbocycles. The average molecular weight is 519 g/mol. The fourth-order valence-electron chi connectivity index (χ4n) is 6.73. The van der Waals surface area contributed by atoms with Crippen LogP contribution in [0.25, 0.3) is 10.8 Å². The summed E-state index contributed by atoms with van der Waals surface area (Å²) in [6.07, 6.45) is 13.8. The van der Waals surface area contributed by atoms with Crippen LogP contribution in [-0.2, 0) is 4.79 Å². The zero-order valence-electron chi connectivity index (χ0n) is 22.3. The Labute approximate surface area is 224 Å². The van der Waals surface area contributed by atoms with Gasteiger partial charge in [0.2, 0.25) is 0 Å². The summed E-state index contributed by atoms with van der Waals surface area (Å²) in [6, 6.07) is 6.43. The molecule has 7 nitrogen and oxygen atoms in total. The summed E-state index contributed by atoms with van der Waals surface area (Å²) in [7, 11) is 0. The maximum absolute atomic E-state index is 13.8. The van der Waals surface area contributed by atoms with Crippen LogP contribution >= 0.6 is 0 Å². The molecular weight excluding hydrogens is 480 g/mol. The molecule has 2 fully saturated rings. The number of carbonyl (C=O) groups excluding carboxylic acids is 4. The lowest BCUT2D eigenvalue weighted by molar-refractivity contribution is -0.120. The van der Waals surface area contributed by atoms with Gasteiger partial charge < -0.3 is 10.1 Å². The van der Waals surface area contributed by atoms with E-state index in [9.17, 15) is 19.2 Å². The minimum atomic E-state index is -0.329. The summed E-state index contributed by atoms with van der Waals surface area (Å²) in [6.45, 7) is 2.52. The molecule has 3 amide bonds. The molecule has 7 heteroatoms. The number of rotatable bonds is 9. The second-order valence-corrected chi connectivity index (χ2v) is 11.2. The summed E-state index contributed by atoms with van der Waals surface area (Å²) < 4.78 is 5.25. The third-order valence-corrected chi connectivity index (χ3v) is 8.78. The van der Waals surface area contributed by atoms with Crippen LogP contribution in [0.15, 0.2) is 24.3 Å². The molecule has 2 saturated carbocycles. The molecule has 0 aromatic heterocycles. The second kappa shape index (κ2) is 11.7. The molecule has 2 aromatic carbocycles. The lowest BCUT2D eigenvalue weighted by Crippen LogP contribution is -2.48. The van der Waals surface area contributed by atoms with Gasteiger partial charge in [0.15, 0.2) is 0 Å². The van der Waals surface area contributed by atoms with Gasteiger partial charge in [0.05, 0.1) is 5.56 Å². The highest BCUT2D eigenvalue weighted by Gasteiger charge is 2.40. The van der Waals surface area contributed by atoms with Crippen molar-refractivity contribution in [2.75, 3.05) is 0 Å². The van der Waals surface area contributed by atoms with Gasteiger partial charge in [-0.1, -0.05) is 51.9 Å². The van der Waals surface area contributed by atoms with Gasteiger partial charge in [0.1, 0.15) is 5.75 Å². The van der Waals surface area contributed by atoms with E-state index in [0.717, 1.165) is 51.4 Å². The molecule has 2 aromatic rings. The van der Waals surface area contributed by atoms with Gasteiger partial charge in [-0.2, -0.15) is 0 Å². The van der Waals surface area contributed by atoms with E-state index in [1.807, 2.05) is 0 Å². The maximum Gasteiger partial charge on any atom is 0.298 e. The molecule has 0 atom stereocenters. The van der Waals surface area contributed by atoms with Crippen LogP contribution in [0, 0.1) is 5.92 Å². The van der Waals surface area contributed by atoms with Crippen LogP contribution in [0.4, 0.5) is 0 Å². The number of imide groups is 1. The van der Waals surface area contributed by atoms with Crippen molar-refractivity contribution in [3.05, 3.63) is 41.0 Å². The Bertz CT molecular complexity index is 1200. The van der Waals surface area contributed by atoms with Crippen molar-refractivity contribution < 1.29 is 23.9 Å². The largest absolute Gasteiger partial charge is 0.428 e. The molecule has 0 saturated heterocycles. The molecular formula is C31H38N2O5. The van der Waals surface area contributed by atoms with Gasteiger partial charge in [-0.3, -0.25) is 24.1 Å². The monoisotopic (exact) mass is 518 g/mol. The van der Waals surface area contributed by atoms with Crippen molar-refractivity contribution in [1.29, 1.82) is 0 Å². The highest BCUT2D eigenvalue weighted by Crippen LogP contribution is 2.40. The number of ether oxygens (including phenoxy) is 1. The molecule has 0 bridgehead atoms. The molecule has 5 rings (SSSR count). The van der Waals surface area contributed by atoms with Crippen LogP contribution < -0.4 is 10.1 Å². The fourth-order valence-corrected chi connectivity index (χ4v) is 6.73. The van der Waals surface area contributed by atoms with Crippen LogP contribution in [-0.4, -0.2) is 41.2 Å². The normalized spacial score (nSPS) is 22.0. The SMILES string of the molecule is CCCCCC1CCC(N2C(=O)c3ccc(OC=O)c4c(C(=O)NC5CCCCC5)ccc(c34)C2=O)CC1. The number of unbranched alkanes of at least 4 members (excludes halogenated alkanes) is 2. The standard InChI is InChI=1S/C31H38N2O5/c1-2-3-5-8-20-11-13-22(14-12-20)33-30(36)24-16-15-23(29(35)32-21-9-6-4-7-10-21)28-26(38-19-34)18-17-25(27(24)28)31(33)37/h15-22H,2-14H2,1H3,(H,32,35). The summed E-state index contributed by atoms with van der Waals surface area (Å²) in [4.78, 5) is 53.7. The topological polar surface area (TPSA) is 92.8 Å². The Balaban J connectivity index is 1.45. The van der Waals surface area contributed by atoms with Crippen LogP contribution in [0.3, 0.4) is 0 Å². The lowest BCUT2D eigenvalue weighted by atomic mass is 9.81. The number of nitrogens with one attached hydrogen (secondary N) is 1. The smallest absolute Gasteiger partial charge is 0.298 e. The van der Waals surface area contributed by atoms with Crippen molar-refractivity contribution in [3.8, 4) is 5.75 Å². The number of amides is 3. The molecule has 0 spiro atoms. The number of nitrogens with zero attached hydrogens (tertiary/aromatic N) is 1. The maximum atomic E-state index is 13.8. The first-order chi connectivity index (χ1) is 18.5. The van der Waals surface area contributed by atoms with Crippen molar-refractivity contribution in [2.24, 2.45) is 5.92 Å². The lowest BCUT2D eigenvalue weighted by Gasteiger charge is -2.38. The van der Waals surface area contributed by atoms with Gasteiger partial charge >= 0.3 is 0 Å². The first-order valence-corrected chi connectivity index (χ1v) is 14.4. The number of carbonyl (C=O) groups is 4. The first-order valence-electron chi connectivity index (χ1n) is 14.4. The summed E-state index contributed by atoms with van der Waals surface area (Å²) >= 11 is 0. The van der Waals surface area contributed by atoms with Crippen LogP contribution in [0.2, 0.25) is 0 Å². The summed E-state index contributed by atoms with van der Waals surface area (Å²) in [5.74, 6) is -0.0956. The number of benzene rings is 2. The van der Waals surface area contributed by atoms with E-state index in [0.29, 0.717) is 39.9 Å². The predicted octanol–water partition coefficient (Wildman–Crippen LogP) is 6.17. The van der Waals surface area contributed by atoms with Crippen LogP contribution in [0.1, 0.15) is 121 Å². The predicted molar refractivity (Wildman–Crippen MR) is 145 cm³/mol. The van der Waals surface area contributed by atoms with Crippen molar-refractivity contribution in [1.82, 2.24) is 10.2 Å². The Morgan fingerprint density at radius 3 is 2.26 bits per heavy atom. The molecule has 1 N–H and O–H groups in total. The minimum Gasteiger partial charge on any atom is -0.428 e. The van der Waals surface area contributed by atoms with E-state index in [1.165, 1.54) is 37.0 Å². The van der Waals surface area contributed by atoms with Gasteiger partial charge in [-0.05, 0) is 68.7 Å².